The van der Waals surface area contributed by atoms with Gasteiger partial charge < -0.3 is 0 Å². The molecule has 0 atom stereocenters. The van der Waals surface area contributed by atoms with E-state index in [0.717, 1.165) is 6.07 Å². The minimum Gasteiger partial charge on any atom is -0.258 e. The summed E-state index contributed by atoms with van der Waals surface area (Å²) >= 11 is 0. The van der Waals surface area contributed by atoms with E-state index in [4.69, 9.17) is 0 Å². The third-order valence-electron chi connectivity index (χ3n) is 2.14. The Morgan fingerprint density at radius 2 is 1.81 bits per heavy atom. The molecule has 6 heteroatoms. The van der Waals surface area contributed by atoms with Crippen LogP contribution in [0.2, 0.25) is 0 Å². The first kappa shape index (κ1) is 12.6. The average molecular weight is 243 g/mol. The predicted molar refractivity (Wildman–Crippen MR) is 60.0 cm³/mol. The standard InChI is InChI=1S/C10H13NO4S/c1-10(2,3)16(14,15)9-6-4-5-8(7-9)11(12)13/h4-7H,1-3H3. The first-order valence-electron chi connectivity index (χ1n) is 4.65. The molecular weight excluding hydrogens is 230 g/mol. The number of hydrogen-bond acceptors (Lipinski definition) is 4. The summed E-state index contributed by atoms with van der Waals surface area (Å²) in [6, 6.07) is 5.09. The Kier molecular flexibility index (Phi) is 3.05. The molecule has 0 aliphatic heterocycles. The molecule has 0 amide bonds. The summed E-state index contributed by atoms with van der Waals surface area (Å²) in [4.78, 5) is 9.91. The van der Waals surface area contributed by atoms with Gasteiger partial charge in [0.1, 0.15) is 0 Å². The van der Waals surface area contributed by atoms with E-state index in [-0.39, 0.29) is 10.6 Å². The molecule has 0 N–H and O–H groups in total. The topological polar surface area (TPSA) is 77.3 Å². The number of hydrogen-bond donors (Lipinski definition) is 0. The van der Waals surface area contributed by atoms with Crippen molar-refractivity contribution in [3.8, 4) is 0 Å². The Hall–Kier alpha value is -1.43. The van der Waals surface area contributed by atoms with Gasteiger partial charge in [0.15, 0.2) is 9.84 Å². The van der Waals surface area contributed by atoms with Gasteiger partial charge in [-0.2, -0.15) is 0 Å². The van der Waals surface area contributed by atoms with E-state index in [0.29, 0.717) is 0 Å². The molecule has 0 radical (unpaired) electrons. The van der Waals surface area contributed by atoms with Crippen molar-refractivity contribution in [1.29, 1.82) is 0 Å². The van der Waals surface area contributed by atoms with Gasteiger partial charge in [-0.15, -0.1) is 0 Å². The van der Waals surface area contributed by atoms with Crippen molar-refractivity contribution in [1.82, 2.24) is 0 Å². The highest BCUT2D eigenvalue weighted by molar-refractivity contribution is 7.92. The van der Waals surface area contributed by atoms with Crippen molar-refractivity contribution < 1.29 is 13.3 Å². The van der Waals surface area contributed by atoms with Crippen molar-refractivity contribution in [3.05, 3.63) is 34.4 Å². The molecule has 0 fully saturated rings. The van der Waals surface area contributed by atoms with Gasteiger partial charge in [-0.05, 0) is 26.8 Å². The lowest BCUT2D eigenvalue weighted by Gasteiger charge is -2.18. The fraction of sp³-hybridized carbons (Fsp3) is 0.400. The summed E-state index contributed by atoms with van der Waals surface area (Å²) in [5, 5.41) is 10.5. The van der Waals surface area contributed by atoms with E-state index in [1.807, 2.05) is 0 Å². The SMILES string of the molecule is CC(C)(C)S(=O)(=O)c1cccc([N+](=O)[O-])c1. The lowest BCUT2D eigenvalue weighted by atomic mass is 10.3. The molecule has 0 aromatic heterocycles. The molecule has 1 aromatic rings. The number of non-ortho nitro benzene ring substituents is 1. The third-order valence-corrected chi connectivity index (χ3v) is 4.63. The van der Waals surface area contributed by atoms with E-state index in [1.165, 1.54) is 18.2 Å². The maximum Gasteiger partial charge on any atom is 0.270 e. The molecule has 88 valence electrons. The molecular formula is C10H13NO4S. The lowest BCUT2D eigenvalue weighted by Crippen LogP contribution is -2.27. The number of rotatable bonds is 2. The first-order chi connectivity index (χ1) is 7.16. The summed E-state index contributed by atoms with van der Waals surface area (Å²) in [6.07, 6.45) is 0. The van der Waals surface area contributed by atoms with Crippen LogP contribution in [0.5, 0.6) is 0 Å². The van der Waals surface area contributed by atoms with Crippen LogP contribution in [0, 0.1) is 10.1 Å². The Bertz CT molecular complexity index is 514. The van der Waals surface area contributed by atoms with Gasteiger partial charge in [0, 0.05) is 12.1 Å². The second kappa shape index (κ2) is 3.86. The van der Waals surface area contributed by atoms with Crippen LogP contribution < -0.4 is 0 Å². The van der Waals surface area contributed by atoms with Gasteiger partial charge in [-0.1, -0.05) is 6.07 Å². The normalized spacial score (nSPS) is 12.4. The minimum atomic E-state index is -3.54. The van der Waals surface area contributed by atoms with E-state index in [1.54, 1.807) is 20.8 Å². The van der Waals surface area contributed by atoms with E-state index >= 15 is 0 Å². The highest BCUT2D eigenvalue weighted by atomic mass is 32.2. The minimum absolute atomic E-state index is 0.0193. The molecule has 0 aliphatic carbocycles. The second-order valence-corrected chi connectivity index (χ2v) is 7.07. The molecule has 0 heterocycles. The third kappa shape index (κ3) is 2.21. The lowest BCUT2D eigenvalue weighted by molar-refractivity contribution is -0.385. The van der Waals surface area contributed by atoms with Gasteiger partial charge in [0.05, 0.1) is 14.6 Å². The van der Waals surface area contributed by atoms with Crippen LogP contribution >= 0.6 is 0 Å². The molecule has 0 bridgehead atoms. The van der Waals surface area contributed by atoms with Crippen molar-refractivity contribution >= 4 is 15.5 Å². The molecule has 0 saturated carbocycles. The summed E-state index contributed by atoms with van der Waals surface area (Å²) in [5.74, 6) is 0. The van der Waals surface area contributed by atoms with Crippen LogP contribution in [0.15, 0.2) is 29.2 Å². The molecule has 5 nitrogen and oxygen atoms in total. The maximum absolute atomic E-state index is 12.0. The van der Waals surface area contributed by atoms with Crippen LogP contribution in [0.4, 0.5) is 5.69 Å². The summed E-state index contributed by atoms with van der Waals surface area (Å²) in [5.41, 5.74) is -0.217. The molecule has 0 aliphatic rings. The largest absolute Gasteiger partial charge is 0.270 e. The fourth-order valence-electron chi connectivity index (χ4n) is 1.12. The Morgan fingerprint density at radius 3 is 2.25 bits per heavy atom. The van der Waals surface area contributed by atoms with Gasteiger partial charge >= 0.3 is 0 Å². The predicted octanol–water partition coefficient (Wildman–Crippen LogP) is 2.17. The molecule has 1 aromatic carbocycles. The number of nitro benzene ring substituents is 1. The number of nitrogens with zero attached hydrogens (tertiary/aromatic N) is 1. The first-order valence-corrected chi connectivity index (χ1v) is 6.13. The van der Waals surface area contributed by atoms with Gasteiger partial charge in [-0.25, -0.2) is 8.42 Å². The summed E-state index contributed by atoms with van der Waals surface area (Å²) < 4.78 is 23.0. The number of benzene rings is 1. The second-order valence-electron chi connectivity index (χ2n) is 4.37. The Balaban J connectivity index is 3.36. The molecule has 1 rings (SSSR count). The zero-order valence-electron chi connectivity index (χ0n) is 9.30. The quantitative estimate of drug-likeness (QED) is 0.589. The van der Waals surface area contributed by atoms with Gasteiger partial charge in [-0.3, -0.25) is 10.1 Å². The van der Waals surface area contributed by atoms with E-state index in [2.05, 4.69) is 0 Å². The number of nitro groups is 1. The van der Waals surface area contributed by atoms with Crippen LogP contribution in [0.3, 0.4) is 0 Å². The summed E-state index contributed by atoms with van der Waals surface area (Å²) in [6.45, 7) is 4.67. The monoisotopic (exact) mass is 243 g/mol. The number of sulfone groups is 1. The fourth-order valence-corrected chi connectivity index (χ4v) is 2.36. The van der Waals surface area contributed by atoms with Crippen molar-refractivity contribution in [2.45, 2.75) is 30.4 Å². The highest BCUT2D eigenvalue weighted by Crippen LogP contribution is 2.26. The maximum atomic E-state index is 12.0. The van der Waals surface area contributed by atoms with Crippen molar-refractivity contribution in [2.24, 2.45) is 0 Å². The smallest absolute Gasteiger partial charge is 0.258 e. The highest BCUT2D eigenvalue weighted by Gasteiger charge is 2.31. The molecule has 0 spiro atoms. The zero-order valence-corrected chi connectivity index (χ0v) is 10.1. The molecule has 0 unspecified atom stereocenters. The molecule has 16 heavy (non-hydrogen) atoms. The van der Waals surface area contributed by atoms with Crippen molar-refractivity contribution in [3.63, 3.8) is 0 Å². The molecule has 0 saturated heterocycles. The van der Waals surface area contributed by atoms with Crippen LogP contribution in [-0.2, 0) is 9.84 Å². The summed E-state index contributed by atoms with van der Waals surface area (Å²) in [7, 11) is -3.54. The average Bonchev–Trinajstić information content (AvgIpc) is 2.16. The zero-order chi connectivity index (χ0) is 12.6. The van der Waals surface area contributed by atoms with Gasteiger partial charge in [0.25, 0.3) is 5.69 Å². The van der Waals surface area contributed by atoms with E-state index in [9.17, 15) is 18.5 Å². The Morgan fingerprint density at radius 1 is 1.25 bits per heavy atom. The van der Waals surface area contributed by atoms with Crippen LogP contribution in [-0.4, -0.2) is 18.1 Å². The van der Waals surface area contributed by atoms with Crippen LogP contribution in [0.1, 0.15) is 20.8 Å². The van der Waals surface area contributed by atoms with Crippen LogP contribution in [0.25, 0.3) is 0 Å². The van der Waals surface area contributed by atoms with Gasteiger partial charge in [0.2, 0.25) is 0 Å². The van der Waals surface area contributed by atoms with Crippen molar-refractivity contribution in [2.75, 3.05) is 0 Å². The Labute approximate surface area is 94.2 Å². The van der Waals surface area contributed by atoms with E-state index < -0.39 is 19.5 Å².